The van der Waals surface area contributed by atoms with Crippen LogP contribution in [0.15, 0.2) is 60.7 Å². The fourth-order valence-electron chi connectivity index (χ4n) is 4.18. The zero-order valence-electron chi connectivity index (χ0n) is 21.4. The van der Waals surface area contributed by atoms with Gasteiger partial charge in [-0.1, -0.05) is 48.5 Å². The van der Waals surface area contributed by atoms with Gasteiger partial charge in [-0.3, -0.25) is 4.79 Å². The fraction of sp³-hybridized carbons (Fsp3) is 0.400. The molecular formula is C30H36N2O4. The number of nitrogens with zero attached hydrogens (tertiary/aromatic N) is 1. The number of aryl methyl sites for hydroxylation is 1. The van der Waals surface area contributed by atoms with Crippen molar-refractivity contribution < 1.29 is 19.4 Å². The standard InChI is InChI=1S/C30H36N2O4/c1-4-35-29(34)11-7-8-22-13-15-28(26(16-22)19-31)36-21-27(33)20-32-30(2,3)18-23-12-14-24-9-5-6-10-25(24)17-23/h5-6,9-10,12-17,27,32-33H,4,7-8,11,18,20-21H2,1-3H3/t27-/m0/s1. The molecule has 0 aromatic heterocycles. The molecule has 0 saturated carbocycles. The van der Waals surface area contributed by atoms with E-state index in [1.807, 2.05) is 18.2 Å². The molecule has 0 bridgehead atoms. The van der Waals surface area contributed by atoms with Crippen LogP contribution in [0, 0.1) is 11.3 Å². The number of aliphatic hydroxyl groups excluding tert-OH is 1. The van der Waals surface area contributed by atoms with Crippen LogP contribution in [0.5, 0.6) is 5.75 Å². The molecule has 6 nitrogen and oxygen atoms in total. The van der Waals surface area contributed by atoms with Gasteiger partial charge in [-0.15, -0.1) is 0 Å². The van der Waals surface area contributed by atoms with Gasteiger partial charge in [0.25, 0.3) is 0 Å². The summed E-state index contributed by atoms with van der Waals surface area (Å²) in [5.41, 5.74) is 2.39. The first kappa shape index (κ1) is 27.2. The third kappa shape index (κ3) is 8.37. The van der Waals surface area contributed by atoms with E-state index in [2.05, 4.69) is 55.6 Å². The van der Waals surface area contributed by atoms with Gasteiger partial charge in [0.15, 0.2) is 0 Å². The summed E-state index contributed by atoms with van der Waals surface area (Å²) < 4.78 is 10.7. The number of carbonyl (C=O) groups excluding carboxylic acids is 1. The number of nitriles is 1. The monoisotopic (exact) mass is 488 g/mol. The van der Waals surface area contributed by atoms with Crippen molar-refractivity contribution in [2.24, 2.45) is 0 Å². The van der Waals surface area contributed by atoms with E-state index in [0.717, 1.165) is 12.0 Å². The molecule has 190 valence electrons. The fourth-order valence-corrected chi connectivity index (χ4v) is 4.18. The Kier molecular flexibility index (Phi) is 9.86. The first-order valence-electron chi connectivity index (χ1n) is 12.5. The van der Waals surface area contributed by atoms with Crippen molar-refractivity contribution in [2.75, 3.05) is 19.8 Å². The molecule has 3 rings (SSSR count). The minimum Gasteiger partial charge on any atom is -0.489 e. The van der Waals surface area contributed by atoms with Gasteiger partial charge in [0, 0.05) is 18.5 Å². The highest BCUT2D eigenvalue weighted by Gasteiger charge is 2.20. The average molecular weight is 489 g/mol. The molecule has 0 aliphatic heterocycles. The van der Waals surface area contributed by atoms with Crippen LogP contribution in [0.3, 0.4) is 0 Å². The molecule has 0 amide bonds. The molecule has 0 aliphatic rings. The zero-order chi connectivity index (χ0) is 26.0. The number of benzene rings is 3. The van der Waals surface area contributed by atoms with Gasteiger partial charge in [-0.2, -0.15) is 5.26 Å². The lowest BCUT2D eigenvalue weighted by Crippen LogP contribution is -2.46. The van der Waals surface area contributed by atoms with Crippen LogP contribution in [-0.2, 0) is 22.4 Å². The van der Waals surface area contributed by atoms with Gasteiger partial charge in [0.05, 0.1) is 12.2 Å². The Labute approximate surface area is 213 Å². The van der Waals surface area contributed by atoms with Gasteiger partial charge in [-0.25, -0.2) is 0 Å². The van der Waals surface area contributed by atoms with Crippen molar-refractivity contribution in [3.05, 3.63) is 77.4 Å². The summed E-state index contributed by atoms with van der Waals surface area (Å²) in [4.78, 5) is 11.5. The second-order valence-electron chi connectivity index (χ2n) is 9.69. The van der Waals surface area contributed by atoms with Crippen molar-refractivity contribution in [3.8, 4) is 11.8 Å². The molecule has 1 atom stereocenters. The van der Waals surface area contributed by atoms with Crippen molar-refractivity contribution >= 4 is 16.7 Å². The summed E-state index contributed by atoms with van der Waals surface area (Å²) in [5, 5.41) is 25.9. The summed E-state index contributed by atoms with van der Waals surface area (Å²) in [7, 11) is 0. The molecule has 3 aromatic carbocycles. The quantitative estimate of drug-likeness (QED) is 0.331. The van der Waals surface area contributed by atoms with Crippen molar-refractivity contribution in [1.82, 2.24) is 5.32 Å². The highest BCUT2D eigenvalue weighted by molar-refractivity contribution is 5.83. The van der Waals surface area contributed by atoms with E-state index >= 15 is 0 Å². The van der Waals surface area contributed by atoms with Crippen LogP contribution in [0.1, 0.15) is 50.3 Å². The highest BCUT2D eigenvalue weighted by atomic mass is 16.5. The second-order valence-corrected chi connectivity index (χ2v) is 9.69. The minimum absolute atomic E-state index is 0.0793. The second kappa shape index (κ2) is 13.1. The first-order chi connectivity index (χ1) is 17.3. The Morgan fingerprint density at radius 3 is 2.58 bits per heavy atom. The molecule has 3 aromatic rings. The normalized spacial score (nSPS) is 12.2. The predicted molar refractivity (Wildman–Crippen MR) is 142 cm³/mol. The van der Waals surface area contributed by atoms with E-state index in [1.54, 1.807) is 19.1 Å². The maximum Gasteiger partial charge on any atom is 0.305 e. The number of rotatable bonds is 13. The maximum absolute atomic E-state index is 11.5. The van der Waals surface area contributed by atoms with Gasteiger partial charge in [0.2, 0.25) is 0 Å². The predicted octanol–water partition coefficient (Wildman–Crippen LogP) is 4.95. The smallest absolute Gasteiger partial charge is 0.305 e. The summed E-state index contributed by atoms with van der Waals surface area (Å²) >= 11 is 0. The lowest BCUT2D eigenvalue weighted by Gasteiger charge is -2.28. The molecular weight excluding hydrogens is 452 g/mol. The van der Waals surface area contributed by atoms with E-state index in [-0.39, 0.29) is 18.1 Å². The zero-order valence-corrected chi connectivity index (χ0v) is 21.4. The summed E-state index contributed by atoms with van der Waals surface area (Å²) in [6.07, 6.45) is 1.78. The molecule has 0 spiro atoms. The molecule has 0 aliphatic carbocycles. The Hall–Kier alpha value is -3.40. The first-order valence-corrected chi connectivity index (χ1v) is 12.5. The van der Waals surface area contributed by atoms with Crippen molar-refractivity contribution in [1.29, 1.82) is 5.26 Å². The number of aliphatic hydroxyl groups is 1. The lowest BCUT2D eigenvalue weighted by molar-refractivity contribution is -0.143. The van der Waals surface area contributed by atoms with E-state index in [1.165, 1.54) is 16.3 Å². The molecule has 0 saturated heterocycles. The Balaban J connectivity index is 1.47. The van der Waals surface area contributed by atoms with E-state index < -0.39 is 6.10 Å². The molecule has 36 heavy (non-hydrogen) atoms. The van der Waals surface area contributed by atoms with Crippen LogP contribution in [-0.4, -0.2) is 42.5 Å². The van der Waals surface area contributed by atoms with Crippen LogP contribution in [0.25, 0.3) is 10.8 Å². The number of nitrogens with one attached hydrogen (secondary N) is 1. The Morgan fingerprint density at radius 2 is 1.83 bits per heavy atom. The summed E-state index contributed by atoms with van der Waals surface area (Å²) in [5.74, 6) is 0.238. The van der Waals surface area contributed by atoms with Gasteiger partial charge >= 0.3 is 5.97 Å². The lowest BCUT2D eigenvalue weighted by atomic mass is 9.93. The highest BCUT2D eigenvalue weighted by Crippen LogP contribution is 2.22. The third-order valence-corrected chi connectivity index (χ3v) is 6.02. The number of β-amino-alcohol motifs (C(OH)–C–C–N with tert-alkyl or cyclic N) is 1. The topological polar surface area (TPSA) is 91.6 Å². The summed E-state index contributed by atoms with van der Waals surface area (Å²) in [6.45, 7) is 6.85. The number of fused-ring (bicyclic) bond motifs is 1. The third-order valence-electron chi connectivity index (χ3n) is 6.02. The minimum atomic E-state index is -0.725. The van der Waals surface area contributed by atoms with E-state index in [0.29, 0.717) is 43.7 Å². The number of carbonyl (C=O) groups is 1. The number of hydrogen-bond acceptors (Lipinski definition) is 6. The molecule has 0 radical (unpaired) electrons. The van der Waals surface area contributed by atoms with Crippen molar-refractivity contribution in [3.63, 3.8) is 0 Å². The van der Waals surface area contributed by atoms with Crippen LogP contribution in [0.4, 0.5) is 0 Å². The van der Waals surface area contributed by atoms with Gasteiger partial charge in [-0.05, 0) is 74.1 Å². The summed E-state index contributed by atoms with van der Waals surface area (Å²) in [6, 6.07) is 22.4. The molecule has 0 heterocycles. The number of ether oxygens (including phenoxy) is 2. The Morgan fingerprint density at radius 1 is 1.08 bits per heavy atom. The van der Waals surface area contributed by atoms with E-state index in [4.69, 9.17) is 9.47 Å². The van der Waals surface area contributed by atoms with Crippen molar-refractivity contribution in [2.45, 2.75) is 58.1 Å². The van der Waals surface area contributed by atoms with Gasteiger partial charge in [0.1, 0.15) is 24.5 Å². The Bertz CT molecular complexity index is 1200. The largest absolute Gasteiger partial charge is 0.489 e. The number of hydrogen-bond donors (Lipinski definition) is 2. The maximum atomic E-state index is 11.5. The molecule has 6 heteroatoms. The van der Waals surface area contributed by atoms with Crippen LogP contribution in [0.2, 0.25) is 0 Å². The SMILES string of the molecule is CCOC(=O)CCCc1ccc(OC[C@@H](O)CNC(C)(C)Cc2ccc3ccccc3c2)c(C#N)c1. The number of esters is 1. The molecule has 0 fully saturated rings. The van der Waals surface area contributed by atoms with Crippen LogP contribution < -0.4 is 10.1 Å². The average Bonchev–Trinajstić information content (AvgIpc) is 2.86. The molecule has 0 unspecified atom stereocenters. The van der Waals surface area contributed by atoms with Gasteiger partial charge < -0.3 is 19.9 Å². The molecule has 2 N–H and O–H groups in total. The van der Waals surface area contributed by atoms with Crippen LogP contribution >= 0.6 is 0 Å². The van der Waals surface area contributed by atoms with E-state index in [9.17, 15) is 15.2 Å².